The quantitative estimate of drug-likeness (QED) is 0.704. The molecule has 9 heteroatoms. The van der Waals surface area contributed by atoms with Crippen molar-refractivity contribution in [3.8, 4) is 5.75 Å². The van der Waals surface area contributed by atoms with E-state index in [1.54, 1.807) is 4.90 Å². The Kier molecular flexibility index (Phi) is 6.41. The Balaban J connectivity index is 1.64. The average molecular weight is 434 g/mol. The fourth-order valence-electron chi connectivity index (χ4n) is 5.32. The number of fused-ring (bicyclic) bond motifs is 5. The van der Waals surface area contributed by atoms with Gasteiger partial charge in [-0.15, -0.1) is 0 Å². The van der Waals surface area contributed by atoms with E-state index in [9.17, 15) is 13.2 Å². The highest BCUT2D eigenvalue weighted by Crippen LogP contribution is 2.44. The molecule has 0 radical (unpaired) electrons. The van der Waals surface area contributed by atoms with E-state index in [-0.39, 0.29) is 30.7 Å². The number of nitrogens with zero attached hydrogens (tertiary/aromatic N) is 1. The van der Waals surface area contributed by atoms with Crippen LogP contribution in [0.3, 0.4) is 0 Å². The number of benzene rings is 1. The van der Waals surface area contributed by atoms with Crippen LogP contribution in [0.25, 0.3) is 0 Å². The van der Waals surface area contributed by atoms with E-state index in [4.69, 9.17) is 9.47 Å². The number of nitrogens with one attached hydrogen (secondary N) is 1. The first-order chi connectivity index (χ1) is 14.3. The van der Waals surface area contributed by atoms with Crippen molar-refractivity contribution in [2.45, 2.75) is 62.0 Å². The van der Waals surface area contributed by atoms with E-state index in [1.807, 2.05) is 18.2 Å². The zero-order valence-electron chi connectivity index (χ0n) is 17.7. The molecule has 1 saturated carbocycles. The maximum atomic E-state index is 13.1. The van der Waals surface area contributed by atoms with Gasteiger partial charge in [-0.05, 0) is 49.7 Å². The van der Waals surface area contributed by atoms with Crippen LogP contribution in [-0.4, -0.2) is 71.3 Å². The van der Waals surface area contributed by atoms with Gasteiger partial charge in [-0.2, -0.15) is 0 Å². The highest BCUT2D eigenvalue weighted by molar-refractivity contribution is 7.88. The first kappa shape index (κ1) is 21.6. The highest BCUT2D eigenvalue weighted by atomic mass is 32.2. The van der Waals surface area contributed by atoms with Crippen LogP contribution < -0.4 is 9.46 Å². The maximum Gasteiger partial charge on any atom is 0.260 e. The summed E-state index contributed by atoms with van der Waals surface area (Å²) in [6, 6.07) is 7.35. The molecule has 0 aromatic heterocycles. The summed E-state index contributed by atoms with van der Waals surface area (Å²) >= 11 is 0. The lowest BCUT2D eigenvalue weighted by molar-refractivity contribution is -0.140. The molecule has 1 N–H and O–H groups in total. The van der Waals surface area contributed by atoms with Gasteiger partial charge in [-0.25, -0.2) is 13.1 Å². The van der Waals surface area contributed by atoms with Crippen molar-refractivity contribution in [3.63, 3.8) is 0 Å². The highest BCUT2D eigenvalue weighted by Gasteiger charge is 2.38. The van der Waals surface area contributed by atoms with Gasteiger partial charge in [-0.1, -0.05) is 24.0 Å². The van der Waals surface area contributed by atoms with Crippen LogP contribution in [-0.2, 0) is 19.6 Å². The van der Waals surface area contributed by atoms with Crippen LogP contribution in [0.4, 0.5) is 0 Å². The standard InChI is InChI=1S/C21H31BN2O5S/c1-30(26,27)23-18-6-4-10-24-19(18)12-28-14-8-9-15(17(22)11-14)16-5-2-3-7-20(16)29-13-21(24)25/h2-3,5,7,14-15,17-19,23H,4,6,8-13,22H2,1H3/t14-,15-,17?,18+,19+/m1/s1. The van der Waals surface area contributed by atoms with Gasteiger partial charge in [0.1, 0.15) is 13.6 Å². The van der Waals surface area contributed by atoms with E-state index in [0.29, 0.717) is 31.3 Å². The van der Waals surface area contributed by atoms with Gasteiger partial charge in [0.15, 0.2) is 6.61 Å². The van der Waals surface area contributed by atoms with E-state index < -0.39 is 10.0 Å². The number of rotatable bonds is 2. The summed E-state index contributed by atoms with van der Waals surface area (Å²) in [7, 11) is -1.13. The molecule has 1 unspecified atom stereocenters. The molecule has 2 bridgehead atoms. The molecule has 164 valence electrons. The summed E-state index contributed by atoms with van der Waals surface area (Å²) < 4.78 is 38.9. The third-order valence-corrected chi connectivity index (χ3v) is 7.49. The fourth-order valence-corrected chi connectivity index (χ4v) is 6.15. The summed E-state index contributed by atoms with van der Waals surface area (Å²) in [5, 5.41) is 0. The van der Waals surface area contributed by atoms with Crippen LogP contribution in [0.2, 0.25) is 5.82 Å². The fraction of sp³-hybridized carbons (Fsp3) is 0.667. The average Bonchev–Trinajstić information content (AvgIpc) is 2.71. The number of piperidine rings is 1. The summed E-state index contributed by atoms with van der Waals surface area (Å²) in [4.78, 5) is 14.8. The minimum atomic E-state index is -3.38. The molecule has 0 spiro atoms. The van der Waals surface area contributed by atoms with Crippen molar-refractivity contribution in [3.05, 3.63) is 29.8 Å². The lowest BCUT2D eigenvalue weighted by atomic mass is 9.65. The first-order valence-electron chi connectivity index (χ1n) is 10.9. The lowest BCUT2D eigenvalue weighted by Gasteiger charge is -2.42. The molecule has 3 aliphatic heterocycles. The second-order valence-corrected chi connectivity index (χ2v) is 10.8. The predicted octanol–water partition coefficient (Wildman–Crippen LogP) is 1.06. The number of hydrogen-bond acceptors (Lipinski definition) is 5. The van der Waals surface area contributed by atoms with Crippen molar-refractivity contribution in [2.24, 2.45) is 0 Å². The van der Waals surface area contributed by atoms with Gasteiger partial charge in [0.25, 0.3) is 5.91 Å². The molecular formula is C21H31BN2O5S. The topological polar surface area (TPSA) is 84.9 Å². The summed E-state index contributed by atoms with van der Waals surface area (Å²) in [6.45, 7) is 0.876. The van der Waals surface area contributed by atoms with Crippen LogP contribution >= 0.6 is 0 Å². The molecular weight excluding hydrogens is 403 g/mol. The zero-order chi connectivity index (χ0) is 21.3. The third-order valence-electron chi connectivity index (χ3n) is 6.76. The van der Waals surface area contributed by atoms with Crippen molar-refractivity contribution >= 4 is 23.8 Å². The van der Waals surface area contributed by atoms with Crippen LogP contribution in [0.15, 0.2) is 24.3 Å². The Morgan fingerprint density at radius 3 is 2.77 bits per heavy atom. The number of amides is 1. The van der Waals surface area contributed by atoms with Crippen molar-refractivity contribution in [1.82, 2.24) is 9.62 Å². The summed E-state index contributed by atoms with van der Waals surface area (Å²) in [6.07, 6.45) is 5.64. The normalized spacial score (nSPS) is 32.8. The van der Waals surface area contributed by atoms with E-state index >= 15 is 0 Å². The predicted molar refractivity (Wildman–Crippen MR) is 117 cm³/mol. The van der Waals surface area contributed by atoms with Gasteiger partial charge in [0, 0.05) is 12.6 Å². The molecule has 1 aromatic carbocycles. The Bertz CT molecular complexity index is 880. The van der Waals surface area contributed by atoms with Gasteiger partial charge in [0.05, 0.1) is 25.0 Å². The number of para-hydroxylation sites is 1. The molecule has 3 heterocycles. The second-order valence-electron chi connectivity index (χ2n) is 8.97. The first-order valence-corrected chi connectivity index (χ1v) is 12.8. The van der Waals surface area contributed by atoms with Crippen molar-refractivity contribution in [2.75, 3.05) is 26.0 Å². The van der Waals surface area contributed by atoms with Gasteiger partial charge < -0.3 is 14.4 Å². The summed E-state index contributed by atoms with van der Waals surface area (Å²) in [5.41, 5.74) is 1.17. The van der Waals surface area contributed by atoms with Gasteiger partial charge in [-0.3, -0.25) is 4.79 Å². The van der Waals surface area contributed by atoms with E-state index in [0.717, 1.165) is 37.7 Å². The van der Waals surface area contributed by atoms with E-state index in [2.05, 4.69) is 18.6 Å². The maximum absolute atomic E-state index is 13.1. The van der Waals surface area contributed by atoms with Crippen LogP contribution in [0.5, 0.6) is 5.75 Å². The van der Waals surface area contributed by atoms with E-state index in [1.165, 1.54) is 5.56 Å². The zero-order valence-corrected chi connectivity index (χ0v) is 18.6. The number of sulfonamides is 1. The molecule has 5 rings (SSSR count). The monoisotopic (exact) mass is 434 g/mol. The number of ether oxygens (including phenoxy) is 2. The molecule has 1 saturated heterocycles. The summed E-state index contributed by atoms with van der Waals surface area (Å²) in [5.74, 6) is 1.48. The lowest BCUT2D eigenvalue weighted by Crippen LogP contribution is -2.59. The minimum absolute atomic E-state index is 0.0519. The number of carbonyl (C=O) groups is 1. The minimum Gasteiger partial charge on any atom is -0.483 e. The smallest absolute Gasteiger partial charge is 0.260 e. The van der Waals surface area contributed by atoms with Crippen molar-refractivity contribution in [1.29, 1.82) is 0 Å². The molecule has 1 amide bonds. The Hall–Kier alpha value is -1.58. The van der Waals surface area contributed by atoms with Gasteiger partial charge >= 0.3 is 0 Å². The van der Waals surface area contributed by atoms with Crippen LogP contribution in [0.1, 0.15) is 43.6 Å². The molecule has 2 fully saturated rings. The Morgan fingerprint density at radius 2 is 2.00 bits per heavy atom. The molecule has 1 aliphatic carbocycles. The number of carbonyl (C=O) groups excluding carboxylic acids is 1. The molecule has 4 aliphatic rings. The van der Waals surface area contributed by atoms with Crippen molar-refractivity contribution < 1.29 is 22.7 Å². The molecule has 7 nitrogen and oxygen atoms in total. The second kappa shape index (κ2) is 8.89. The molecule has 5 atom stereocenters. The SMILES string of the molecule is BC1C[C@H]2CC[C@@H]1c1ccccc1OCC(=O)N1CCC[C@H](NS(C)(=O)=O)[C@@H]1CO2. The molecule has 1 aromatic rings. The Labute approximate surface area is 179 Å². The Morgan fingerprint density at radius 1 is 1.20 bits per heavy atom. The largest absolute Gasteiger partial charge is 0.483 e. The van der Waals surface area contributed by atoms with Crippen LogP contribution in [0, 0.1) is 0 Å². The molecule has 30 heavy (non-hydrogen) atoms. The third kappa shape index (κ3) is 4.84. The number of hydrogen-bond donors (Lipinski definition) is 1. The van der Waals surface area contributed by atoms with Gasteiger partial charge in [0.2, 0.25) is 10.0 Å².